The minimum absolute atomic E-state index is 0.000776. The number of amides is 1. The Labute approximate surface area is 132 Å². The van der Waals surface area contributed by atoms with Gasteiger partial charge in [-0.05, 0) is 25.8 Å². The number of aromatic nitrogens is 2. The normalized spacial score (nSPS) is 23.6. The summed E-state index contributed by atoms with van der Waals surface area (Å²) in [4.78, 5) is 27.6. The van der Waals surface area contributed by atoms with Gasteiger partial charge in [0, 0.05) is 39.3 Å². The van der Waals surface area contributed by atoms with Gasteiger partial charge in [0.1, 0.15) is 11.5 Å². The average molecular weight is 303 g/mol. The van der Waals surface area contributed by atoms with Crippen LogP contribution in [0.25, 0.3) is 0 Å². The molecule has 1 aromatic heterocycles. The molecule has 2 saturated heterocycles. The van der Waals surface area contributed by atoms with E-state index in [1.165, 1.54) is 12.8 Å². The summed E-state index contributed by atoms with van der Waals surface area (Å²) < 4.78 is 0. The van der Waals surface area contributed by atoms with Crippen LogP contribution >= 0.6 is 0 Å². The second-order valence-electron chi connectivity index (χ2n) is 6.55. The van der Waals surface area contributed by atoms with Gasteiger partial charge in [-0.1, -0.05) is 6.92 Å². The molecule has 120 valence electrons. The van der Waals surface area contributed by atoms with Crippen molar-refractivity contribution in [3.63, 3.8) is 0 Å². The van der Waals surface area contributed by atoms with Crippen LogP contribution < -0.4 is 4.90 Å². The third-order valence-corrected chi connectivity index (χ3v) is 4.63. The van der Waals surface area contributed by atoms with Crippen molar-refractivity contribution in [1.29, 1.82) is 0 Å². The molecule has 6 nitrogen and oxygen atoms in total. The number of anilines is 1. The summed E-state index contributed by atoms with van der Waals surface area (Å²) in [5.41, 5.74) is 0.457. The van der Waals surface area contributed by atoms with E-state index >= 15 is 0 Å². The maximum Gasteiger partial charge on any atom is 0.274 e. The molecular weight excluding hydrogens is 278 g/mol. The molecule has 2 fully saturated rings. The Morgan fingerprint density at radius 1 is 1.14 bits per heavy atom. The van der Waals surface area contributed by atoms with Gasteiger partial charge in [-0.2, -0.15) is 0 Å². The van der Waals surface area contributed by atoms with Crippen LogP contribution in [0.1, 0.15) is 30.3 Å². The molecule has 1 amide bonds. The lowest BCUT2D eigenvalue weighted by atomic mass is 10.0. The van der Waals surface area contributed by atoms with Crippen molar-refractivity contribution in [3.8, 4) is 0 Å². The van der Waals surface area contributed by atoms with Crippen molar-refractivity contribution in [1.82, 2.24) is 19.8 Å². The molecule has 1 unspecified atom stereocenters. The number of piperidine rings is 1. The Balaban J connectivity index is 1.64. The number of rotatable bonds is 2. The zero-order valence-corrected chi connectivity index (χ0v) is 13.5. The van der Waals surface area contributed by atoms with E-state index in [0.717, 1.165) is 45.1 Å². The summed E-state index contributed by atoms with van der Waals surface area (Å²) in [6, 6.07) is 0. The Kier molecular flexibility index (Phi) is 4.57. The minimum Gasteiger partial charge on any atom is -0.355 e. The van der Waals surface area contributed by atoms with Crippen LogP contribution in [0.2, 0.25) is 0 Å². The molecule has 3 heterocycles. The second kappa shape index (κ2) is 6.60. The lowest BCUT2D eigenvalue weighted by molar-refractivity contribution is 0.0658. The highest BCUT2D eigenvalue weighted by molar-refractivity contribution is 5.92. The highest BCUT2D eigenvalue weighted by Gasteiger charge is 2.22. The molecule has 0 saturated carbocycles. The van der Waals surface area contributed by atoms with E-state index in [2.05, 4.69) is 33.7 Å². The quantitative estimate of drug-likeness (QED) is 0.819. The third kappa shape index (κ3) is 3.38. The van der Waals surface area contributed by atoms with E-state index < -0.39 is 0 Å². The number of likely N-dealkylation sites (N-methyl/N-ethyl adjacent to an activating group) is 1. The van der Waals surface area contributed by atoms with Crippen LogP contribution in [0.3, 0.4) is 0 Å². The van der Waals surface area contributed by atoms with Crippen LogP contribution in [0.15, 0.2) is 12.4 Å². The van der Waals surface area contributed by atoms with Crippen molar-refractivity contribution < 1.29 is 4.79 Å². The predicted molar refractivity (Wildman–Crippen MR) is 86.0 cm³/mol. The molecule has 0 N–H and O–H groups in total. The van der Waals surface area contributed by atoms with Crippen molar-refractivity contribution in [2.24, 2.45) is 5.92 Å². The zero-order chi connectivity index (χ0) is 15.5. The number of nitrogens with zero attached hydrogens (tertiary/aromatic N) is 5. The SMILES string of the molecule is CC1CCCN(c2cnc(C(=O)N3CCN(C)CC3)cn2)C1. The van der Waals surface area contributed by atoms with Crippen LogP contribution in [0.4, 0.5) is 5.82 Å². The molecule has 0 aliphatic carbocycles. The van der Waals surface area contributed by atoms with Crippen molar-refractivity contribution in [2.75, 3.05) is 51.2 Å². The zero-order valence-electron chi connectivity index (χ0n) is 13.5. The molecule has 22 heavy (non-hydrogen) atoms. The first kappa shape index (κ1) is 15.2. The smallest absolute Gasteiger partial charge is 0.274 e. The molecule has 6 heteroatoms. The van der Waals surface area contributed by atoms with Gasteiger partial charge in [-0.15, -0.1) is 0 Å². The lowest BCUT2D eigenvalue weighted by Gasteiger charge is -2.32. The van der Waals surface area contributed by atoms with Gasteiger partial charge in [0.05, 0.1) is 12.4 Å². The van der Waals surface area contributed by atoms with Crippen LogP contribution in [0.5, 0.6) is 0 Å². The Bertz CT molecular complexity index is 510. The van der Waals surface area contributed by atoms with E-state index in [1.807, 2.05) is 4.90 Å². The Morgan fingerprint density at radius 2 is 1.91 bits per heavy atom. The summed E-state index contributed by atoms with van der Waals surface area (Å²) in [5.74, 6) is 1.59. The fourth-order valence-electron chi connectivity index (χ4n) is 3.16. The maximum absolute atomic E-state index is 12.4. The van der Waals surface area contributed by atoms with E-state index in [1.54, 1.807) is 12.4 Å². The van der Waals surface area contributed by atoms with Crippen LogP contribution in [-0.2, 0) is 0 Å². The first-order valence-corrected chi connectivity index (χ1v) is 8.18. The van der Waals surface area contributed by atoms with Crippen LogP contribution in [-0.4, -0.2) is 72.0 Å². The van der Waals surface area contributed by atoms with Gasteiger partial charge >= 0.3 is 0 Å². The molecule has 3 rings (SSSR count). The van der Waals surface area contributed by atoms with Crippen molar-refractivity contribution >= 4 is 11.7 Å². The first-order valence-electron chi connectivity index (χ1n) is 8.18. The number of piperazine rings is 1. The highest BCUT2D eigenvalue weighted by Crippen LogP contribution is 2.20. The van der Waals surface area contributed by atoms with E-state index in [-0.39, 0.29) is 5.91 Å². The van der Waals surface area contributed by atoms with Gasteiger partial charge < -0.3 is 14.7 Å². The topological polar surface area (TPSA) is 52.6 Å². The molecule has 0 radical (unpaired) electrons. The summed E-state index contributed by atoms with van der Waals surface area (Å²) in [5, 5.41) is 0. The van der Waals surface area contributed by atoms with Gasteiger partial charge in [0.25, 0.3) is 5.91 Å². The van der Waals surface area contributed by atoms with E-state index in [4.69, 9.17) is 0 Å². The molecule has 0 bridgehead atoms. The minimum atomic E-state index is -0.000776. The first-order chi connectivity index (χ1) is 10.6. The van der Waals surface area contributed by atoms with Gasteiger partial charge in [0.2, 0.25) is 0 Å². The Hall–Kier alpha value is -1.69. The summed E-state index contributed by atoms with van der Waals surface area (Å²) in [7, 11) is 2.08. The Morgan fingerprint density at radius 3 is 2.55 bits per heavy atom. The number of hydrogen-bond acceptors (Lipinski definition) is 5. The van der Waals surface area contributed by atoms with E-state index in [9.17, 15) is 4.79 Å². The molecule has 1 atom stereocenters. The fraction of sp³-hybridized carbons (Fsp3) is 0.688. The highest BCUT2D eigenvalue weighted by atomic mass is 16.2. The number of carbonyl (C=O) groups is 1. The second-order valence-corrected chi connectivity index (χ2v) is 6.55. The summed E-state index contributed by atoms with van der Waals surface area (Å²) >= 11 is 0. The van der Waals surface area contributed by atoms with E-state index in [0.29, 0.717) is 11.6 Å². The molecule has 2 aliphatic rings. The predicted octanol–water partition coefficient (Wildman–Crippen LogP) is 1.10. The van der Waals surface area contributed by atoms with Crippen LogP contribution in [0, 0.1) is 5.92 Å². The third-order valence-electron chi connectivity index (χ3n) is 4.63. The molecule has 1 aromatic rings. The van der Waals surface area contributed by atoms with Crippen molar-refractivity contribution in [2.45, 2.75) is 19.8 Å². The van der Waals surface area contributed by atoms with Gasteiger partial charge in [0.15, 0.2) is 0 Å². The van der Waals surface area contributed by atoms with Gasteiger partial charge in [-0.3, -0.25) is 4.79 Å². The lowest BCUT2D eigenvalue weighted by Crippen LogP contribution is -2.47. The molecule has 2 aliphatic heterocycles. The average Bonchev–Trinajstić information content (AvgIpc) is 2.55. The standard InChI is InChI=1S/C16H25N5O/c1-13-4-3-5-21(12-13)15-11-17-14(10-18-15)16(22)20-8-6-19(2)7-9-20/h10-11,13H,3-9,12H2,1-2H3. The maximum atomic E-state index is 12.4. The molecule has 0 spiro atoms. The van der Waals surface area contributed by atoms with Gasteiger partial charge in [-0.25, -0.2) is 9.97 Å². The monoisotopic (exact) mass is 303 g/mol. The van der Waals surface area contributed by atoms with Crippen molar-refractivity contribution in [3.05, 3.63) is 18.1 Å². The molecule has 0 aromatic carbocycles. The summed E-state index contributed by atoms with van der Waals surface area (Å²) in [6.07, 6.45) is 5.87. The summed E-state index contributed by atoms with van der Waals surface area (Å²) in [6.45, 7) is 7.70. The largest absolute Gasteiger partial charge is 0.355 e. The molecular formula is C16H25N5O. The number of carbonyl (C=O) groups excluding carboxylic acids is 1. The fourth-order valence-corrected chi connectivity index (χ4v) is 3.16. The number of hydrogen-bond donors (Lipinski definition) is 0.